The van der Waals surface area contributed by atoms with Crippen molar-refractivity contribution in [2.75, 3.05) is 0 Å². The van der Waals surface area contributed by atoms with E-state index < -0.39 is 6.10 Å². The van der Waals surface area contributed by atoms with Crippen LogP contribution >= 0.6 is 11.6 Å². The van der Waals surface area contributed by atoms with E-state index in [-0.39, 0.29) is 5.78 Å². The summed E-state index contributed by atoms with van der Waals surface area (Å²) in [6.45, 7) is 3.64. The van der Waals surface area contributed by atoms with Crippen LogP contribution in [0.5, 0.6) is 0 Å². The Balaban J connectivity index is 3.06. The van der Waals surface area contributed by atoms with Crippen molar-refractivity contribution in [2.24, 2.45) is 0 Å². The first-order chi connectivity index (χ1) is 6.56. The first-order valence-corrected chi connectivity index (χ1v) is 4.92. The fourth-order valence-corrected chi connectivity index (χ4v) is 1.40. The van der Waals surface area contributed by atoms with Crippen LogP contribution in [0.4, 0.5) is 0 Å². The van der Waals surface area contributed by atoms with Crippen LogP contribution in [0, 0.1) is 6.92 Å². The quantitative estimate of drug-likeness (QED) is 0.783. The van der Waals surface area contributed by atoms with E-state index in [2.05, 4.69) is 0 Å². The van der Waals surface area contributed by atoms with Crippen LogP contribution in [-0.2, 0) is 0 Å². The minimum atomic E-state index is -0.950. The van der Waals surface area contributed by atoms with E-state index in [9.17, 15) is 9.90 Å². The number of benzene rings is 1. The Labute approximate surface area is 88.5 Å². The van der Waals surface area contributed by atoms with Gasteiger partial charge in [0.15, 0.2) is 5.78 Å². The Morgan fingerprint density at radius 2 is 2.21 bits per heavy atom. The van der Waals surface area contributed by atoms with Gasteiger partial charge in [0.1, 0.15) is 6.10 Å². The van der Waals surface area contributed by atoms with Crippen molar-refractivity contribution < 1.29 is 9.90 Å². The van der Waals surface area contributed by atoms with Crippen molar-refractivity contribution in [3.63, 3.8) is 0 Å². The van der Waals surface area contributed by atoms with Crippen LogP contribution in [0.15, 0.2) is 18.2 Å². The molecular formula is C11H13ClO2. The molecule has 76 valence electrons. The van der Waals surface area contributed by atoms with Crippen molar-refractivity contribution in [3.8, 4) is 0 Å². The summed E-state index contributed by atoms with van der Waals surface area (Å²) in [5, 5.41) is 9.78. The number of carbonyl (C=O) groups excluding carboxylic acids is 1. The lowest BCUT2D eigenvalue weighted by atomic mass is 10.0. The van der Waals surface area contributed by atoms with Gasteiger partial charge in [0, 0.05) is 5.56 Å². The van der Waals surface area contributed by atoms with E-state index in [1.165, 1.54) is 0 Å². The zero-order chi connectivity index (χ0) is 10.7. The highest BCUT2D eigenvalue weighted by Gasteiger charge is 2.17. The minimum Gasteiger partial charge on any atom is -0.385 e. The van der Waals surface area contributed by atoms with E-state index in [4.69, 9.17) is 11.6 Å². The molecule has 0 aromatic heterocycles. The number of Topliss-reactive ketones (excluding diaryl/α,β-unsaturated/α-hetero) is 1. The van der Waals surface area contributed by atoms with Crippen molar-refractivity contribution in [2.45, 2.75) is 26.4 Å². The molecule has 0 bridgehead atoms. The lowest BCUT2D eigenvalue weighted by molar-refractivity contribution is 0.0741. The molecule has 0 aliphatic rings. The molecule has 14 heavy (non-hydrogen) atoms. The molecule has 1 atom stereocenters. The van der Waals surface area contributed by atoms with Crippen LogP contribution < -0.4 is 0 Å². The zero-order valence-electron chi connectivity index (χ0n) is 8.25. The maximum Gasteiger partial charge on any atom is 0.192 e. The van der Waals surface area contributed by atoms with Gasteiger partial charge < -0.3 is 5.11 Å². The molecule has 0 saturated carbocycles. The summed E-state index contributed by atoms with van der Waals surface area (Å²) in [4.78, 5) is 11.6. The van der Waals surface area contributed by atoms with Gasteiger partial charge in [-0.3, -0.25) is 4.79 Å². The molecule has 0 heterocycles. The topological polar surface area (TPSA) is 37.3 Å². The highest BCUT2D eigenvalue weighted by molar-refractivity contribution is 6.34. The molecule has 0 amide bonds. The molecule has 2 nitrogen and oxygen atoms in total. The Hall–Kier alpha value is -0.860. The monoisotopic (exact) mass is 212 g/mol. The molecular weight excluding hydrogens is 200 g/mol. The molecule has 1 N–H and O–H groups in total. The van der Waals surface area contributed by atoms with E-state index in [0.29, 0.717) is 17.0 Å². The summed E-state index contributed by atoms with van der Waals surface area (Å²) in [6.07, 6.45) is -0.544. The molecule has 0 aliphatic carbocycles. The first-order valence-electron chi connectivity index (χ1n) is 4.54. The average molecular weight is 213 g/mol. The van der Waals surface area contributed by atoms with E-state index in [1.807, 2.05) is 13.0 Å². The summed E-state index contributed by atoms with van der Waals surface area (Å²) in [7, 11) is 0. The first kappa shape index (κ1) is 11.2. The molecule has 1 aromatic carbocycles. The third-order valence-corrected chi connectivity index (χ3v) is 2.41. The third kappa shape index (κ3) is 2.34. The number of aliphatic hydroxyl groups excluding tert-OH is 1. The van der Waals surface area contributed by atoms with Crippen LogP contribution in [0.3, 0.4) is 0 Å². The summed E-state index contributed by atoms with van der Waals surface area (Å²) in [6, 6.07) is 5.20. The molecule has 0 radical (unpaired) electrons. The van der Waals surface area contributed by atoms with Crippen molar-refractivity contribution >= 4 is 17.4 Å². The maximum absolute atomic E-state index is 11.6. The smallest absolute Gasteiger partial charge is 0.192 e. The number of halogens is 1. The number of aryl methyl sites for hydroxylation is 1. The average Bonchev–Trinajstić information content (AvgIpc) is 2.19. The fourth-order valence-electron chi connectivity index (χ4n) is 1.19. The molecule has 0 saturated heterocycles. The van der Waals surface area contributed by atoms with Crippen LogP contribution in [0.1, 0.15) is 29.3 Å². The van der Waals surface area contributed by atoms with Gasteiger partial charge in [0.2, 0.25) is 0 Å². The maximum atomic E-state index is 11.6. The van der Waals surface area contributed by atoms with Gasteiger partial charge in [-0.2, -0.15) is 0 Å². The second-order valence-corrected chi connectivity index (χ2v) is 3.68. The molecule has 0 spiro atoms. The van der Waals surface area contributed by atoms with Crippen molar-refractivity contribution in [3.05, 3.63) is 34.3 Å². The minimum absolute atomic E-state index is 0.304. The van der Waals surface area contributed by atoms with Crippen molar-refractivity contribution in [1.82, 2.24) is 0 Å². The molecule has 1 rings (SSSR count). The Kier molecular flexibility index (Phi) is 3.67. The van der Waals surface area contributed by atoms with E-state index >= 15 is 0 Å². The number of aliphatic hydroxyl groups is 1. The van der Waals surface area contributed by atoms with Gasteiger partial charge in [-0.25, -0.2) is 0 Å². The lowest BCUT2D eigenvalue weighted by Crippen LogP contribution is -2.19. The highest BCUT2D eigenvalue weighted by Crippen LogP contribution is 2.19. The molecule has 1 aromatic rings. The SMILES string of the molecule is CCC(O)C(=O)c1cc(C)ccc1Cl. The predicted octanol–water partition coefficient (Wildman–Crippen LogP) is 2.60. The van der Waals surface area contributed by atoms with Crippen LogP contribution in [0.25, 0.3) is 0 Å². The third-order valence-electron chi connectivity index (χ3n) is 2.08. The number of rotatable bonds is 3. The Bertz CT molecular complexity index is 347. The standard InChI is InChI=1S/C11H13ClO2/c1-3-10(13)11(14)8-6-7(2)4-5-9(8)12/h4-6,10,13H,3H2,1-2H3. The van der Waals surface area contributed by atoms with Crippen LogP contribution in [-0.4, -0.2) is 17.0 Å². The largest absolute Gasteiger partial charge is 0.385 e. The van der Waals surface area contributed by atoms with Gasteiger partial charge >= 0.3 is 0 Å². The second kappa shape index (κ2) is 4.58. The van der Waals surface area contributed by atoms with E-state index in [0.717, 1.165) is 5.56 Å². The molecule has 3 heteroatoms. The van der Waals surface area contributed by atoms with Gasteiger partial charge in [-0.05, 0) is 25.5 Å². The normalized spacial score (nSPS) is 12.6. The van der Waals surface area contributed by atoms with Gasteiger partial charge in [-0.1, -0.05) is 30.2 Å². The number of hydrogen-bond donors (Lipinski definition) is 1. The summed E-state index contributed by atoms with van der Waals surface area (Å²) >= 11 is 5.86. The number of hydrogen-bond acceptors (Lipinski definition) is 2. The van der Waals surface area contributed by atoms with Crippen molar-refractivity contribution in [1.29, 1.82) is 0 Å². The summed E-state index contributed by atoms with van der Waals surface area (Å²) in [5.74, 6) is -0.304. The number of carbonyl (C=O) groups is 1. The second-order valence-electron chi connectivity index (χ2n) is 3.27. The highest BCUT2D eigenvalue weighted by atomic mass is 35.5. The molecule has 0 fully saturated rings. The van der Waals surface area contributed by atoms with Gasteiger partial charge in [0.05, 0.1) is 5.02 Å². The van der Waals surface area contributed by atoms with Gasteiger partial charge in [-0.15, -0.1) is 0 Å². The lowest BCUT2D eigenvalue weighted by Gasteiger charge is -2.08. The Morgan fingerprint density at radius 3 is 2.79 bits per heavy atom. The molecule has 1 unspecified atom stereocenters. The fraction of sp³-hybridized carbons (Fsp3) is 0.364. The van der Waals surface area contributed by atoms with Crippen LogP contribution in [0.2, 0.25) is 5.02 Å². The van der Waals surface area contributed by atoms with Gasteiger partial charge in [0.25, 0.3) is 0 Å². The molecule has 0 aliphatic heterocycles. The number of ketones is 1. The summed E-state index contributed by atoms with van der Waals surface area (Å²) < 4.78 is 0. The Morgan fingerprint density at radius 1 is 1.57 bits per heavy atom. The predicted molar refractivity (Wildman–Crippen MR) is 56.8 cm³/mol. The zero-order valence-corrected chi connectivity index (χ0v) is 9.01. The van der Waals surface area contributed by atoms with E-state index in [1.54, 1.807) is 19.1 Å². The summed E-state index contributed by atoms with van der Waals surface area (Å²) in [5.41, 5.74) is 1.36.